The van der Waals surface area contributed by atoms with Crippen LogP contribution < -0.4 is 5.73 Å². The van der Waals surface area contributed by atoms with Crippen LogP contribution in [0.5, 0.6) is 0 Å². The molecule has 0 saturated carbocycles. The van der Waals surface area contributed by atoms with E-state index in [4.69, 9.17) is 10.3 Å². The van der Waals surface area contributed by atoms with Crippen LogP contribution in [-0.2, 0) is 6.54 Å². The third kappa shape index (κ3) is 2.86. The van der Waals surface area contributed by atoms with Crippen LogP contribution in [0.4, 0.5) is 0 Å². The second-order valence-electron chi connectivity index (χ2n) is 6.39. The maximum absolute atomic E-state index is 11.2. The lowest BCUT2D eigenvalue weighted by Crippen LogP contribution is -2.23. The molecule has 4 rings (SSSR count). The predicted octanol–water partition coefficient (Wildman–Crippen LogP) is 1.17. The molecule has 1 fully saturated rings. The number of fused-ring (bicyclic) bond motifs is 1. The Kier molecular flexibility index (Phi) is 3.72. The lowest BCUT2D eigenvalue weighted by molar-refractivity contribution is 0.0987. The summed E-state index contributed by atoms with van der Waals surface area (Å²) in [7, 11) is 0. The van der Waals surface area contributed by atoms with Crippen LogP contribution in [0.1, 0.15) is 52.5 Å². The number of amides is 1. The molecule has 130 valence electrons. The first-order valence-corrected chi connectivity index (χ1v) is 8.21. The fourth-order valence-electron chi connectivity index (χ4n) is 3.37. The first kappa shape index (κ1) is 15.7. The molecule has 1 unspecified atom stereocenters. The number of hydrogen-bond donors (Lipinski definition) is 1. The Morgan fingerprint density at radius 3 is 2.96 bits per heavy atom. The quantitative estimate of drug-likeness (QED) is 0.757. The second kappa shape index (κ2) is 5.92. The van der Waals surface area contributed by atoms with Crippen molar-refractivity contribution in [3.05, 3.63) is 41.1 Å². The molecule has 0 aliphatic carbocycles. The molecule has 25 heavy (non-hydrogen) atoms. The van der Waals surface area contributed by atoms with E-state index in [0.29, 0.717) is 18.2 Å². The smallest absolute Gasteiger partial charge is 0.290 e. The van der Waals surface area contributed by atoms with Crippen LogP contribution in [0.25, 0.3) is 5.78 Å². The molecule has 1 aliphatic heterocycles. The summed E-state index contributed by atoms with van der Waals surface area (Å²) in [5.41, 5.74) is 8.18. The molecule has 9 heteroatoms. The zero-order valence-corrected chi connectivity index (χ0v) is 14.1. The lowest BCUT2D eigenvalue weighted by atomic mass is 10.2. The summed E-state index contributed by atoms with van der Waals surface area (Å²) >= 11 is 0. The number of hydrogen-bond acceptors (Lipinski definition) is 7. The highest BCUT2D eigenvalue weighted by Crippen LogP contribution is 2.32. The summed E-state index contributed by atoms with van der Waals surface area (Å²) in [6, 6.07) is 2.00. The van der Waals surface area contributed by atoms with Crippen molar-refractivity contribution in [2.45, 2.75) is 39.3 Å². The average molecular weight is 341 g/mol. The second-order valence-corrected chi connectivity index (χ2v) is 6.39. The number of aromatic nitrogens is 5. The normalized spacial score (nSPS) is 18.2. The fourth-order valence-corrected chi connectivity index (χ4v) is 3.37. The topological polar surface area (TPSA) is 115 Å². The number of primary amides is 1. The number of nitrogens with zero attached hydrogens (tertiary/aromatic N) is 6. The minimum absolute atomic E-state index is 0.0267. The van der Waals surface area contributed by atoms with E-state index < -0.39 is 5.91 Å². The molecule has 0 bridgehead atoms. The van der Waals surface area contributed by atoms with Gasteiger partial charge in [-0.05, 0) is 39.3 Å². The first-order chi connectivity index (χ1) is 12.0. The Balaban J connectivity index is 1.58. The minimum Gasteiger partial charge on any atom is -0.363 e. The van der Waals surface area contributed by atoms with Crippen molar-refractivity contribution in [1.82, 2.24) is 29.4 Å². The van der Waals surface area contributed by atoms with Gasteiger partial charge in [-0.1, -0.05) is 5.16 Å². The summed E-state index contributed by atoms with van der Waals surface area (Å²) < 4.78 is 7.22. The maximum Gasteiger partial charge on any atom is 0.290 e. The Hall–Kier alpha value is -2.81. The van der Waals surface area contributed by atoms with E-state index >= 15 is 0 Å². The van der Waals surface area contributed by atoms with Gasteiger partial charge in [0.1, 0.15) is 0 Å². The van der Waals surface area contributed by atoms with Gasteiger partial charge in [-0.2, -0.15) is 4.98 Å². The van der Waals surface area contributed by atoms with Gasteiger partial charge in [0, 0.05) is 24.1 Å². The summed E-state index contributed by atoms with van der Waals surface area (Å²) in [6.07, 6.45) is 3.92. The molecule has 0 aromatic carbocycles. The summed E-state index contributed by atoms with van der Waals surface area (Å²) in [4.78, 5) is 26.6. The fraction of sp³-hybridized carbons (Fsp3) is 0.438. The number of rotatable bonds is 4. The van der Waals surface area contributed by atoms with Crippen LogP contribution >= 0.6 is 0 Å². The van der Waals surface area contributed by atoms with E-state index in [1.165, 1.54) is 0 Å². The van der Waals surface area contributed by atoms with Gasteiger partial charge in [0.2, 0.25) is 11.7 Å². The van der Waals surface area contributed by atoms with Crippen molar-refractivity contribution in [3.63, 3.8) is 0 Å². The average Bonchev–Trinajstić information content (AvgIpc) is 3.25. The SMILES string of the molecule is Cc1cc(C)n2cc(CN3CCCC3c3nc(C(N)=O)no3)nc2n1. The number of nitrogens with two attached hydrogens (primary N) is 1. The van der Waals surface area contributed by atoms with E-state index in [9.17, 15) is 4.79 Å². The van der Waals surface area contributed by atoms with Crippen LogP contribution in [-0.4, -0.2) is 41.9 Å². The molecule has 4 heterocycles. The van der Waals surface area contributed by atoms with Crippen LogP contribution in [0, 0.1) is 13.8 Å². The molecule has 1 saturated heterocycles. The molecule has 1 amide bonds. The zero-order valence-electron chi connectivity index (χ0n) is 14.1. The minimum atomic E-state index is -0.684. The first-order valence-electron chi connectivity index (χ1n) is 8.21. The summed E-state index contributed by atoms with van der Waals surface area (Å²) in [5, 5.41) is 3.64. The van der Waals surface area contributed by atoms with Gasteiger partial charge in [-0.25, -0.2) is 9.97 Å². The zero-order chi connectivity index (χ0) is 17.6. The van der Waals surface area contributed by atoms with E-state index in [0.717, 1.165) is 36.5 Å². The van der Waals surface area contributed by atoms with Gasteiger partial charge in [0.05, 0.1) is 11.7 Å². The van der Waals surface area contributed by atoms with Gasteiger partial charge in [-0.15, -0.1) is 0 Å². The molecular formula is C16H19N7O2. The number of imidazole rings is 1. The van der Waals surface area contributed by atoms with Crippen molar-refractivity contribution in [1.29, 1.82) is 0 Å². The van der Waals surface area contributed by atoms with Crippen LogP contribution in [0.2, 0.25) is 0 Å². The lowest BCUT2D eigenvalue weighted by Gasteiger charge is -2.19. The highest BCUT2D eigenvalue weighted by Gasteiger charge is 2.31. The van der Waals surface area contributed by atoms with E-state index in [-0.39, 0.29) is 11.9 Å². The molecule has 3 aromatic rings. The van der Waals surface area contributed by atoms with Crippen molar-refractivity contribution < 1.29 is 9.32 Å². The summed E-state index contributed by atoms with van der Waals surface area (Å²) in [6.45, 7) is 5.55. The summed E-state index contributed by atoms with van der Waals surface area (Å²) in [5.74, 6) is 0.374. The molecular weight excluding hydrogens is 322 g/mol. The predicted molar refractivity (Wildman–Crippen MR) is 87.7 cm³/mol. The highest BCUT2D eigenvalue weighted by atomic mass is 16.5. The Labute approximate surface area is 143 Å². The molecule has 1 aliphatic rings. The molecule has 0 radical (unpaired) electrons. The van der Waals surface area contributed by atoms with Gasteiger partial charge in [-0.3, -0.25) is 14.1 Å². The molecule has 2 N–H and O–H groups in total. The van der Waals surface area contributed by atoms with Gasteiger partial charge >= 0.3 is 0 Å². The number of likely N-dealkylation sites (tertiary alicyclic amines) is 1. The van der Waals surface area contributed by atoms with Crippen molar-refractivity contribution in [2.75, 3.05) is 6.54 Å². The highest BCUT2D eigenvalue weighted by molar-refractivity contribution is 5.88. The van der Waals surface area contributed by atoms with E-state index in [1.807, 2.05) is 30.5 Å². The van der Waals surface area contributed by atoms with Crippen LogP contribution in [0.3, 0.4) is 0 Å². The molecule has 1 atom stereocenters. The number of carbonyl (C=O) groups excluding carboxylic acids is 1. The molecule has 3 aromatic heterocycles. The number of aryl methyl sites for hydroxylation is 2. The largest absolute Gasteiger partial charge is 0.363 e. The Morgan fingerprint density at radius 2 is 2.20 bits per heavy atom. The van der Waals surface area contributed by atoms with Crippen molar-refractivity contribution >= 4 is 11.7 Å². The van der Waals surface area contributed by atoms with Gasteiger partial charge < -0.3 is 10.3 Å². The molecule has 9 nitrogen and oxygen atoms in total. The van der Waals surface area contributed by atoms with Gasteiger partial charge in [0.15, 0.2) is 0 Å². The van der Waals surface area contributed by atoms with Crippen molar-refractivity contribution in [2.24, 2.45) is 5.73 Å². The number of carbonyl (C=O) groups is 1. The van der Waals surface area contributed by atoms with Crippen molar-refractivity contribution in [3.8, 4) is 0 Å². The van der Waals surface area contributed by atoms with E-state index in [2.05, 4.69) is 25.0 Å². The third-order valence-electron chi connectivity index (χ3n) is 4.49. The maximum atomic E-state index is 11.2. The monoisotopic (exact) mass is 341 g/mol. The standard InChI is InChI=1S/C16H19N7O2/c1-9-6-10(2)23-8-11(19-16(23)18-9)7-22-5-3-4-12(22)15-20-14(13(17)24)21-25-15/h6,8,12H,3-5,7H2,1-2H3,(H2,17,24). The Bertz CT molecular complexity index is 945. The van der Waals surface area contributed by atoms with Crippen LogP contribution in [0.15, 0.2) is 16.8 Å². The molecule has 0 spiro atoms. The van der Waals surface area contributed by atoms with E-state index in [1.54, 1.807) is 0 Å². The Morgan fingerprint density at radius 1 is 1.36 bits per heavy atom. The third-order valence-corrected chi connectivity index (χ3v) is 4.49. The van der Waals surface area contributed by atoms with Gasteiger partial charge in [0.25, 0.3) is 11.7 Å².